The van der Waals surface area contributed by atoms with E-state index >= 15 is 0 Å². The summed E-state index contributed by atoms with van der Waals surface area (Å²) >= 11 is 3.56. The van der Waals surface area contributed by atoms with Crippen molar-refractivity contribution in [3.8, 4) is 0 Å². The minimum atomic E-state index is 0.751. The maximum atomic E-state index is 4.70. The number of anilines is 1. The number of hydrogen-bond donors (Lipinski definition) is 1. The van der Waals surface area contributed by atoms with Crippen LogP contribution in [0.5, 0.6) is 0 Å². The molecule has 4 nitrogen and oxygen atoms in total. The van der Waals surface area contributed by atoms with E-state index in [1.165, 1.54) is 47.0 Å². The Hall–Kier alpha value is -1.50. The smallest absolute Gasteiger partial charge is 0.0926 e. The van der Waals surface area contributed by atoms with E-state index in [1.807, 2.05) is 6.20 Å². The molecule has 0 bridgehead atoms. The molecule has 0 unspecified atom stereocenters. The Morgan fingerprint density at radius 3 is 2.92 bits per heavy atom. The van der Waals surface area contributed by atoms with E-state index in [9.17, 15) is 0 Å². The molecule has 6 heteroatoms. The van der Waals surface area contributed by atoms with Gasteiger partial charge in [-0.2, -0.15) is 0 Å². The lowest BCUT2D eigenvalue weighted by atomic mass is 9.96. The third kappa shape index (κ3) is 4.02. The van der Waals surface area contributed by atoms with Crippen molar-refractivity contribution in [3.63, 3.8) is 0 Å². The molecule has 3 aromatic heterocycles. The molecule has 25 heavy (non-hydrogen) atoms. The molecule has 0 atom stereocenters. The lowest BCUT2D eigenvalue weighted by Crippen LogP contribution is -2.35. The number of aromatic nitrogens is 2. The van der Waals surface area contributed by atoms with Crippen LogP contribution in [0.25, 0.3) is 10.2 Å². The molecule has 4 rings (SSSR count). The number of rotatable bonds is 6. The number of thiophene rings is 1. The Bertz CT molecular complexity index is 818. The number of piperidine rings is 1. The maximum Gasteiger partial charge on any atom is 0.0926 e. The summed E-state index contributed by atoms with van der Waals surface area (Å²) in [7, 11) is 0. The van der Waals surface area contributed by atoms with Crippen molar-refractivity contribution in [2.45, 2.75) is 32.7 Å². The lowest BCUT2D eigenvalue weighted by Gasteiger charge is -2.31. The first-order valence-electron chi connectivity index (χ1n) is 9.03. The van der Waals surface area contributed by atoms with Crippen LogP contribution in [-0.4, -0.2) is 34.5 Å². The van der Waals surface area contributed by atoms with E-state index in [0.29, 0.717) is 0 Å². The van der Waals surface area contributed by atoms with E-state index in [2.05, 4.69) is 45.0 Å². The highest BCUT2D eigenvalue weighted by molar-refractivity contribution is 7.17. The average Bonchev–Trinajstić information content (AvgIpc) is 3.30. The van der Waals surface area contributed by atoms with Crippen molar-refractivity contribution < 1.29 is 0 Å². The first-order chi connectivity index (χ1) is 12.3. The fraction of sp³-hybridized carbons (Fsp3) is 0.474. The lowest BCUT2D eigenvalue weighted by molar-refractivity contribution is 0.181. The number of pyridine rings is 1. The second kappa shape index (κ2) is 7.81. The zero-order chi connectivity index (χ0) is 17.1. The van der Waals surface area contributed by atoms with Gasteiger partial charge in [-0.3, -0.25) is 9.88 Å². The van der Waals surface area contributed by atoms with Crippen molar-refractivity contribution in [1.29, 1.82) is 0 Å². The van der Waals surface area contributed by atoms with Gasteiger partial charge in [0.15, 0.2) is 0 Å². The van der Waals surface area contributed by atoms with Crippen LogP contribution in [-0.2, 0) is 13.0 Å². The van der Waals surface area contributed by atoms with Gasteiger partial charge in [-0.25, -0.2) is 4.98 Å². The Kier molecular flexibility index (Phi) is 5.29. The fourth-order valence-corrected chi connectivity index (χ4v) is 5.01. The molecule has 1 saturated heterocycles. The van der Waals surface area contributed by atoms with E-state index in [-0.39, 0.29) is 0 Å². The third-order valence-electron chi connectivity index (χ3n) is 4.92. The summed E-state index contributed by atoms with van der Waals surface area (Å²) in [6, 6.07) is 4.19. The number of hydrogen-bond acceptors (Lipinski definition) is 6. The number of nitrogens with one attached hydrogen (secondary N) is 1. The largest absolute Gasteiger partial charge is 0.384 e. The topological polar surface area (TPSA) is 41.1 Å². The standard InChI is InChI=1S/C19H24N4S2/c1-2-18-22-15(13-25-18)12-23-8-4-14(5-9-23)11-21-16-3-7-20-17-6-10-24-19(16)17/h3,6-7,10,13-14H,2,4-5,8-9,11-12H2,1H3,(H,20,21). The highest BCUT2D eigenvalue weighted by atomic mass is 32.1. The van der Waals surface area contributed by atoms with Crippen LogP contribution in [0.1, 0.15) is 30.5 Å². The van der Waals surface area contributed by atoms with Gasteiger partial charge >= 0.3 is 0 Å². The van der Waals surface area contributed by atoms with Gasteiger partial charge in [-0.1, -0.05) is 6.92 Å². The van der Waals surface area contributed by atoms with E-state index < -0.39 is 0 Å². The first-order valence-corrected chi connectivity index (χ1v) is 10.8. The van der Waals surface area contributed by atoms with Gasteiger partial charge in [0.05, 0.1) is 26.6 Å². The number of nitrogens with zero attached hydrogens (tertiary/aromatic N) is 3. The van der Waals surface area contributed by atoms with Gasteiger partial charge in [0.2, 0.25) is 0 Å². The first kappa shape index (κ1) is 16.9. The number of fused-ring (bicyclic) bond motifs is 1. The van der Waals surface area contributed by atoms with Gasteiger partial charge in [-0.15, -0.1) is 22.7 Å². The molecule has 0 aliphatic carbocycles. The molecule has 1 aliphatic heterocycles. The Morgan fingerprint density at radius 2 is 2.12 bits per heavy atom. The van der Waals surface area contributed by atoms with E-state index in [4.69, 9.17) is 4.98 Å². The minimum absolute atomic E-state index is 0.751. The normalized spacial score (nSPS) is 16.5. The van der Waals surface area contributed by atoms with Crippen molar-refractivity contribution in [2.75, 3.05) is 25.0 Å². The van der Waals surface area contributed by atoms with E-state index in [0.717, 1.165) is 30.9 Å². The Balaban J connectivity index is 1.27. The molecule has 1 aliphatic rings. The van der Waals surface area contributed by atoms with Gasteiger partial charge in [-0.05, 0) is 55.8 Å². The van der Waals surface area contributed by atoms with Crippen molar-refractivity contribution >= 4 is 38.6 Å². The summed E-state index contributed by atoms with van der Waals surface area (Å²) in [6.45, 7) is 6.60. The fourth-order valence-electron chi connectivity index (χ4n) is 3.43. The second-order valence-electron chi connectivity index (χ2n) is 6.68. The molecule has 0 aromatic carbocycles. The highest BCUT2D eigenvalue weighted by Gasteiger charge is 2.20. The summed E-state index contributed by atoms with van der Waals surface area (Å²) < 4.78 is 1.27. The van der Waals surface area contributed by atoms with Crippen LogP contribution in [0, 0.1) is 5.92 Å². The summed E-state index contributed by atoms with van der Waals surface area (Å²) in [5.74, 6) is 0.751. The van der Waals surface area contributed by atoms with Crippen LogP contribution >= 0.6 is 22.7 Å². The highest BCUT2D eigenvalue weighted by Crippen LogP contribution is 2.28. The molecule has 1 N–H and O–H groups in total. The van der Waals surface area contributed by atoms with Gasteiger partial charge in [0, 0.05) is 24.7 Å². The molecule has 0 amide bonds. The second-order valence-corrected chi connectivity index (χ2v) is 8.54. The molecule has 0 saturated carbocycles. The molecular weight excluding hydrogens is 348 g/mol. The quantitative estimate of drug-likeness (QED) is 0.684. The van der Waals surface area contributed by atoms with Crippen LogP contribution in [0.2, 0.25) is 0 Å². The van der Waals surface area contributed by atoms with Crippen molar-refractivity contribution in [2.24, 2.45) is 5.92 Å². The molecule has 1 fully saturated rings. The molecule has 3 aromatic rings. The predicted octanol–water partition coefficient (Wildman–Crippen LogP) is 4.64. The van der Waals surface area contributed by atoms with Crippen molar-refractivity contribution in [1.82, 2.24) is 14.9 Å². The summed E-state index contributed by atoms with van der Waals surface area (Å²) in [5.41, 5.74) is 3.58. The average molecular weight is 373 g/mol. The molecule has 4 heterocycles. The summed E-state index contributed by atoms with van der Waals surface area (Å²) in [5, 5.41) is 9.26. The SMILES string of the molecule is CCc1nc(CN2CCC(CNc3ccnc4ccsc34)CC2)cs1. The molecule has 132 valence electrons. The third-order valence-corrected chi connectivity index (χ3v) is 6.90. The Morgan fingerprint density at radius 1 is 1.24 bits per heavy atom. The van der Waals surface area contributed by atoms with Crippen LogP contribution < -0.4 is 5.32 Å². The zero-order valence-electron chi connectivity index (χ0n) is 14.6. The van der Waals surface area contributed by atoms with Crippen LogP contribution in [0.3, 0.4) is 0 Å². The number of likely N-dealkylation sites (tertiary alicyclic amines) is 1. The number of aryl methyl sites for hydroxylation is 1. The number of thiazole rings is 1. The molecule has 0 radical (unpaired) electrons. The van der Waals surface area contributed by atoms with Crippen LogP contribution in [0.4, 0.5) is 5.69 Å². The van der Waals surface area contributed by atoms with Gasteiger partial charge in [0.25, 0.3) is 0 Å². The predicted molar refractivity (Wildman–Crippen MR) is 108 cm³/mol. The molecule has 0 spiro atoms. The summed E-state index contributed by atoms with van der Waals surface area (Å²) in [4.78, 5) is 11.7. The van der Waals surface area contributed by atoms with Crippen molar-refractivity contribution in [3.05, 3.63) is 39.8 Å². The van der Waals surface area contributed by atoms with Gasteiger partial charge in [0.1, 0.15) is 0 Å². The van der Waals surface area contributed by atoms with Gasteiger partial charge < -0.3 is 5.32 Å². The minimum Gasteiger partial charge on any atom is -0.384 e. The summed E-state index contributed by atoms with van der Waals surface area (Å²) in [6.07, 6.45) is 5.47. The maximum absolute atomic E-state index is 4.70. The van der Waals surface area contributed by atoms with E-state index in [1.54, 1.807) is 22.7 Å². The monoisotopic (exact) mass is 372 g/mol. The Labute approximate surface area is 156 Å². The molecular formula is C19H24N4S2. The zero-order valence-corrected chi connectivity index (χ0v) is 16.2. The van der Waals surface area contributed by atoms with Crippen LogP contribution in [0.15, 0.2) is 29.1 Å².